The molecule has 1 aromatic carbocycles. The van der Waals surface area contributed by atoms with Crippen molar-refractivity contribution in [1.82, 2.24) is 0 Å². The van der Waals surface area contributed by atoms with Crippen molar-refractivity contribution in [2.45, 2.75) is 26.9 Å². The second-order valence-electron chi connectivity index (χ2n) is 4.95. The van der Waals surface area contributed by atoms with Crippen LogP contribution in [0.25, 0.3) is 0 Å². The SMILES string of the molecule is C=CCOC(C#Cc1ccccc1)C(C)(C(C)=O)C(C)=O. The average Bonchev–Trinajstić information content (AvgIpc) is 2.47. The van der Waals surface area contributed by atoms with Gasteiger partial charge in [-0.2, -0.15) is 0 Å². The van der Waals surface area contributed by atoms with Gasteiger partial charge in [-0.3, -0.25) is 9.59 Å². The van der Waals surface area contributed by atoms with Crippen LogP contribution in [0.4, 0.5) is 0 Å². The van der Waals surface area contributed by atoms with Crippen molar-refractivity contribution < 1.29 is 14.3 Å². The van der Waals surface area contributed by atoms with Crippen LogP contribution >= 0.6 is 0 Å². The lowest BCUT2D eigenvalue weighted by Gasteiger charge is -2.29. The minimum Gasteiger partial charge on any atom is -0.360 e. The summed E-state index contributed by atoms with van der Waals surface area (Å²) in [6.45, 7) is 8.15. The predicted octanol–water partition coefficient (Wildman–Crippen LogP) is 2.79. The number of ether oxygens (including phenoxy) is 1. The summed E-state index contributed by atoms with van der Waals surface area (Å²) in [5.74, 6) is 5.35. The quantitative estimate of drug-likeness (QED) is 0.458. The summed E-state index contributed by atoms with van der Waals surface area (Å²) in [4.78, 5) is 23.9. The van der Waals surface area contributed by atoms with Gasteiger partial charge in [-0.1, -0.05) is 36.1 Å². The third-order valence-electron chi connectivity index (χ3n) is 3.49. The maximum absolute atomic E-state index is 11.9. The number of carbonyl (C=O) groups is 2. The Morgan fingerprint density at radius 3 is 2.33 bits per heavy atom. The molecule has 1 atom stereocenters. The van der Waals surface area contributed by atoms with Gasteiger partial charge in [0, 0.05) is 5.56 Å². The maximum Gasteiger partial charge on any atom is 0.146 e. The van der Waals surface area contributed by atoms with E-state index in [1.165, 1.54) is 13.8 Å². The molecule has 0 amide bonds. The molecule has 0 fully saturated rings. The number of benzene rings is 1. The minimum atomic E-state index is -1.27. The van der Waals surface area contributed by atoms with E-state index in [0.29, 0.717) is 0 Å². The minimum absolute atomic E-state index is 0.226. The summed E-state index contributed by atoms with van der Waals surface area (Å²) in [6.07, 6.45) is 0.767. The number of Topliss-reactive ketones (excluding diaryl/α,β-unsaturated/α-hetero) is 2. The monoisotopic (exact) mass is 284 g/mol. The van der Waals surface area contributed by atoms with Gasteiger partial charge < -0.3 is 4.74 Å². The Hall–Kier alpha value is -2.18. The fourth-order valence-electron chi connectivity index (χ4n) is 1.80. The molecule has 0 saturated carbocycles. The Morgan fingerprint density at radius 1 is 1.29 bits per heavy atom. The molecule has 0 aromatic heterocycles. The lowest BCUT2D eigenvalue weighted by molar-refractivity contribution is -0.144. The molecule has 1 rings (SSSR count). The number of hydrogen-bond donors (Lipinski definition) is 0. The van der Waals surface area contributed by atoms with E-state index in [1.54, 1.807) is 13.0 Å². The third-order valence-corrected chi connectivity index (χ3v) is 3.49. The van der Waals surface area contributed by atoms with Crippen LogP contribution in [-0.2, 0) is 14.3 Å². The molecule has 0 aliphatic heterocycles. The first-order valence-electron chi connectivity index (χ1n) is 6.74. The van der Waals surface area contributed by atoms with Crippen molar-refractivity contribution in [3.05, 3.63) is 48.6 Å². The molecule has 0 aliphatic rings. The van der Waals surface area contributed by atoms with Gasteiger partial charge in [0.25, 0.3) is 0 Å². The Labute approximate surface area is 126 Å². The van der Waals surface area contributed by atoms with Crippen molar-refractivity contribution in [3.8, 4) is 11.8 Å². The van der Waals surface area contributed by atoms with Crippen molar-refractivity contribution in [2.75, 3.05) is 6.61 Å². The van der Waals surface area contributed by atoms with Crippen LogP contribution in [-0.4, -0.2) is 24.3 Å². The molecule has 0 spiro atoms. The number of ketones is 2. The molecule has 0 bridgehead atoms. The van der Waals surface area contributed by atoms with Gasteiger partial charge in [0.15, 0.2) is 0 Å². The first-order valence-corrected chi connectivity index (χ1v) is 6.74. The fraction of sp³-hybridized carbons (Fsp3) is 0.333. The standard InChI is InChI=1S/C18H20O3/c1-5-13-21-17(18(4,14(2)19)15(3)20)12-11-16-9-7-6-8-10-16/h5-10,17H,1,13H2,2-4H3. The molecule has 1 unspecified atom stereocenters. The normalized spacial score (nSPS) is 12.0. The summed E-state index contributed by atoms with van der Waals surface area (Å²) in [7, 11) is 0. The molecule has 110 valence electrons. The highest BCUT2D eigenvalue weighted by Gasteiger charge is 2.43. The highest BCUT2D eigenvalue weighted by Crippen LogP contribution is 2.27. The summed E-state index contributed by atoms with van der Waals surface area (Å²) in [6, 6.07) is 9.36. The highest BCUT2D eigenvalue weighted by atomic mass is 16.5. The summed E-state index contributed by atoms with van der Waals surface area (Å²) in [5.41, 5.74) is -0.468. The first-order chi connectivity index (χ1) is 9.92. The molecule has 0 N–H and O–H groups in total. The van der Waals surface area contributed by atoms with Gasteiger partial charge in [-0.25, -0.2) is 0 Å². The Balaban J connectivity index is 3.16. The molecule has 3 heteroatoms. The van der Waals surface area contributed by atoms with Crippen LogP contribution in [0.5, 0.6) is 0 Å². The molecule has 0 radical (unpaired) electrons. The smallest absolute Gasteiger partial charge is 0.146 e. The number of rotatable bonds is 6. The van der Waals surface area contributed by atoms with E-state index in [-0.39, 0.29) is 18.2 Å². The fourth-order valence-corrected chi connectivity index (χ4v) is 1.80. The van der Waals surface area contributed by atoms with Crippen molar-refractivity contribution >= 4 is 11.6 Å². The third kappa shape index (κ3) is 4.14. The van der Waals surface area contributed by atoms with Crippen LogP contribution in [0, 0.1) is 17.3 Å². The van der Waals surface area contributed by atoms with Crippen LogP contribution in [0.3, 0.4) is 0 Å². The Kier molecular flexibility index (Phi) is 6.08. The zero-order chi connectivity index (χ0) is 15.9. The van der Waals surface area contributed by atoms with Gasteiger partial charge in [0.05, 0.1) is 6.61 Å². The summed E-state index contributed by atoms with van der Waals surface area (Å²) in [5, 5.41) is 0. The molecule has 1 aromatic rings. The molecule has 0 aliphatic carbocycles. The lowest BCUT2D eigenvalue weighted by atomic mass is 9.77. The molecule has 0 saturated heterocycles. The van der Waals surface area contributed by atoms with Crippen molar-refractivity contribution in [3.63, 3.8) is 0 Å². The van der Waals surface area contributed by atoms with E-state index in [2.05, 4.69) is 18.4 Å². The molecule has 3 nitrogen and oxygen atoms in total. The number of hydrogen-bond acceptors (Lipinski definition) is 3. The summed E-state index contributed by atoms with van der Waals surface area (Å²) >= 11 is 0. The van der Waals surface area contributed by atoms with E-state index in [1.807, 2.05) is 30.3 Å². The zero-order valence-electron chi connectivity index (χ0n) is 12.7. The summed E-state index contributed by atoms with van der Waals surface area (Å²) < 4.78 is 5.57. The topological polar surface area (TPSA) is 43.4 Å². The second kappa shape index (κ2) is 7.56. The highest BCUT2D eigenvalue weighted by molar-refractivity contribution is 6.05. The van der Waals surface area contributed by atoms with Crippen LogP contribution in [0.1, 0.15) is 26.3 Å². The molecular weight excluding hydrogens is 264 g/mol. The second-order valence-corrected chi connectivity index (χ2v) is 4.95. The van der Waals surface area contributed by atoms with E-state index in [9.17, 15) is 9.59 Å². The Bertz CT molecular complexity index is 561. The van der Waals surface area contributed by atoms with Crippen LogP contribution < -0.4 is 0 Å². The predicted molar refractivity (Wildman–Crippen MR) is 82.7 cm³/mol. The largest absolute Gasteiger partial charge is 0.360 e. The molecular formula is C18H20O3. The van der Waals surface area contributed by atoms with E-state index in [4.69, 9.17) is 4.74 Å². The van der Waals surface area contributed by atoms with Gasteiger partial charge in [0.2, 0.25) is 0 Å². The van der Waals surface area contributed by atoms with Gasteiger partial charge in [-0.05, 0) is 32.9 Å². The zero-order valence-corrected chi connectivity index (χ0v) is 12.7. The number of carbonyl (C=O) groups excluding carboxylic acids is 2. The molecule has 21 heavy (non-hydrogen) atoms. The van der Waals surface area contributed by atoms with Crippen LogP contribution in [0.15, 0.2) is 43.0 Å². The molecule has 0 heterocycles. The first kappa shape index (κ1) is 16.9. The Morgan fingerprint density at radius 2 is 1.86 bits per heavy atom. The van der Waals surface area contributed by atoms with E-state index >= 15 is 0 Å². The van der Waals surface area contributed by atoms with E-state index < -0.39 is 11.5 Å². The average molecular weight is 284 g/mol. The van der Waals surface area contributed by atoms with E-state index in [0.717, 1.165) is 5.56 Å². The van der Waals surface area contributed by atoms with Crippen LogP contribution in [0.2, 0.25) is 0 Å². The lowest BCUT2D eigenvalue weighted by Crippen LogP contribution is -2.45. The van der Waals surface area contributed by atoms with Crippen molar-refractivity contribution in [2.24, 2.45) is 5.41 Å². The van der Waals surface area contributed by atoms with Gasteiger partial charge in [-0.15, -0.1) is 6.58 Å². The van der Waals surface area contributed by atoms with Gasteiger partial charge in [0.1, 0.15) is 23.1 Å². The maximum atomic E-state index is 11.9. The van der Waals surface area contributed by atoms with Gasteiger partial charge >= 0.3 is 0 Å². The van der Waals surface area contributed by atoms with Crippen molar-refractivity contribution in [1.29, 1.82) is 0 Å².